The van der Waals surface area contributed by atoms with E-state index < -0.39 is 0 Å². The molecule has 1 saturated heterocycles. The Hall–Kier alpha value is -2.96. The minimum absolute atomic E-state index is 0.688. The van der Waals surface area contributed by atoms with Gasteiger partial charge in [0, 0.05) is 44.5 Å². The zero-order chi connectivity index (χ0) is 17.2. The molecule has 0 saturated carbocycles. The average Bonchev–Trinajstić information content (AvgIpc) is 3.10. The van der Waals surface area contributed by atoms with Gasteiger partial charge in [0.05, 0.1) is 25.3 Å². The molecule has 1 aliphatic rings. The fraction of sp³-hybridized carbons (Fsp3) is 0.333. The Balaban J connectivity index is 1.53. The smallest absolute Gasteiger partial charge is 0.203 e. The number of hydrogen-bond acceptors (Lipinski definition) is 6. The van der Waals surface area contributed by atoms with Gasteiger partial charge in [-0.2, -0.15) is 0 Å². The number of methoxy groups -OCH3 is 2. The van der Waals surface area contributed by atoms with Gasteiger partial charge < -0.3 is 24.3 Å². The lowest BCUT2D eigenvalue weighted by Gasteiger charge is -2.35. The Morgan fingerprint density at radius 2 is 1.68 bits per heavy atom. The normalized spacial score (nSPS) is 14.8. The Labute approximate surface area is 146 Å². The van der Waals surface area contributed by atoms with Gasteiger partial charge in [-0.3, -0.25) is 0 Å². The number of aromatic nitrogens is 3. The highest BCUT2D eigenvalue weighted by atomic mass is 16.5. The molecule has 130 valence electrons. The number of fused-ring (bicyclic) bond motifs is 1. The molecule has 0 amide bonds. The van der Waals surface area contributed by atoms with Crippen molar-refractivity contribution in [2.75, 3.05) is 50.2 Å². The second-order valence-electron chi connectivity index (χ2n) is 5.95. The van der Waals surface area contributed by atoms with Crippen LogP contribution in [0.3, 0.4) is 0 Å². The SMILES string of the molecule is COc1cc2nc(N3CCN(c4ccccn4)CC3)[nH]c2cc1OC. The summed E-state index contributed by atoms with van der Waals surface area (Å²) in [7, 11) is 3.27. The average molecular weight is 339 g/mol. The Morgan fingerprint density at radius 1 is 0.960 bits per heavy atom. The fourth-order valence-corrected chi connectivity index (χ4v) is 3.16. The standard InChI is InChI=1S/C18H21N5O2/c1-24-15-11-13-14(12-16(15)25-2)21-18(20-13)23-9-7-22(8-10-23)17-5-3-4-6-19-17/h3-6,11-12H,7-10H2,1-2H3,(H,20,21). The number of imidazole rings is 1. The molecule has 0 atom stereocenters. The number of rotatable bonds is 4. The molecule has 1 fully saturated rings. The lowest BCUT2D eigenvalue weighted by Crippen LogP contribution is -2.47. The summed E-state index contributed by atoms with van der Waals surface area (Å²) in [6, 6.07) is 9.84. The van der Waals surface area contributed by atoms with E-state index in [1.807, 2.05) is 30.5 Å². The first-order valence-corrected chi connectivity index (χ1v) is 8.31. The fourth-order valence-electron chi connectivity index (χ4n) is 3.16. The minimum atomic E-state index is 0.688. The number of H-pyrrole nitrogens is 1. The summed E-state index contributed by atoms with van der Waals surface area (Å²) in [5.41, 5.74) is 1.82. The number of benzene rings is 1. The first-order valence-electron chi connectivity index (χ1n) is 8.31. The highest BCUT2D eigenvalue weighted by molar-refractivity contribution is 5.82. The molecule has 4 rings (SSSR count). The Kier molecular flexibility index (Phi) is 4.05. The van der Waals surface area contributed by atoms with Crippen LogP contribution < -0.4 is 19.3 Å². The van der Waals surface area contributed by atoms with Crippen molar-refractivity contribution < 1.29 is 9.47 Å². The molecule has 0 bridgehead atoms. The van der Waals surface area contributed by atoms with E-state index in [1.165, 1.54) is 0 Å². The van der Waals surface area contributed by atoms with Crippen LogP contribution in [0.25, 0.3) is 11.0 Å². The third kappa shape index (κ3) is 2.93. The van der Waals surface area contributed by atoms with E-state index in [4.69, 9.17) is 14.5 Å². The summed E-state index contributed by atoms with van der Waals surface area (Å²) >= 11 is 0. The van der Waals surface area contributed by atoms with Crippen LogP contribution >= 0.6 is 0 Å². The number of nitrogens with one attached hydrogen (secondary N) is 1. The van der Waals surface area contributed by atoms with Gasteiger partial charge in [-0.05, 0) is 12.1 Å². The summed E-state index contributed by atoms with van der Waals surface area (Å²) in [4.78, 5) is 17.1. The third-order valence-electron chi connectivity index (χ3n) is 4.53. The lowest BCUT2D eigenvalue weighted by atomic mass is 10.3. The number of pyridine rings is 1. The second kappa shape index (κ2) is 6.51. The summed E-state index contributed by atoms with van der Waals surface area (Å²) in [6.07, 6.45) is 1.84. The van der Waals surface area contributed by atoms with Gasteiger partial charge in [0.25, 0.3) is 0 Å². The topological polar surface area (TPSA) is 66.5 Å². The quantitative estimate of drug-likeness (QED) is 0.787. The number of aromatic amines is 1. The maximum Gasteiger partial charge on any atom is 0.203 e. The van der Waals surface area contributed by atoms with Crippen LogP contribution in [0.15, 0.2) is 36.5 Å². The van der Waals surface area contributed by atoms with Crippen LogP contribution in [-0.4, -0.2) is 55.4 Å². The van der Waals surface area contributed by atoms with E-state index in [2.05, 4.69) is 25.8 Å². The predicted molar refractivity (Wildman–Crippen MR) is 97.9 cm³/mol. The Bertz CT molecular complexity index is 816. The third-order valence-corrected chi connectivity index (χ3v) is 4.53. The molecule has 1 aromatic carbocycles. The summed E-state index contributed by atoms with van der Waals surface area (Å²) in [5, 5.41) is 0. The molecule has 1 aliphatic heterocycles. The van der Waals surface area contributed by atoms with E-state index in [1.54, 1.807) is 14.2 Å². The zero-order valence-corrected chi connectivity index (χ0v) is 14.4. The van der Waals surface area contributed by atoms with Gasteiger partial charge in [0.15, 0.2) is 11.5 Å². The number of nitrogens with zero attached hydrogens (tertiary/aromatic N) is 4. The van der Waals surface area contributed by atoms with Crippen molar-refractivity contribution in [3.05, 3.63) is 36.5 Å². The van der Waals surface area contributed by atoms with Crippen molar-refractivity contribution in [3.8, 4) is 11.5 Å². The first kappa shape index (κ1) is 15.6. The van der Waals surface area contributed by atoms with Gasteiger partial charge in [-0.1, -0.05) is 6.07 Å². The molecule has 0 unspecified atom stereocenters. The van der Waals surface area contributed by atoms with E-state index in [-0.39, 0.29) is 0 Å². The molecular formula is C18H21N5O2. The molecule has 3 aromatic rings. The molecule has 3 heterocycles. The van der Waals surface area contributed by atoms with Crippen molar-refractivity contribution in [1.29, 1.82) is 0 Å². The maximum atomic E-state index is 5.36. The highest BCUT2D eigenvalue weighted by Gasteiger charge is 2.21. The maximum absolute atomic E-state index is 5.36. The van der Waals surface area contributed by atoms with Gasteiger partial charge in [0.1, 0.15) is 5.82 Å². The molecule has 25 heavy (non-hydrogen) atoms. The number of hydrogen-bond donors (Lipinski definition) is 1. The molecule has 7 heteroatoms. The van der Waals surface area contributed by atoms with Crippen molar-refractivity contribution in [2.45, 2.75) is 0 Å². The van der Waals surface area contributed by atoms with E-state index in [9.17, 15) is 0 Å². The van der Waals surface area contributed by atoms with Crippen molar-refractivity contribution in [2.24, 2.45) is 0 Å². The summed E-state index contributed by atoms with van der Waals surface area (Å²) in [6.45, 7) is 3.62. The van der Waals surface area contributed by atoms with Crippen LogP contribution in [-0.2, 0) is 0 Å². The summed E-state index contributed by atoms with van der Waals surface area (Å²) < 4.78 is 10.7. The van der Waals surface area contributed by atoms with E-state index >= 15 is 0 Å². The monoisotopic (exact) mass is 339 g/mol. The highest BCUT2D eigenvalue weighted by Crippen LogP contribution is 2.32. The predicted octanol–water partition coefficient (Wildman–Crippen LogP) is 2.30. The molecule has 1 N–H and O–H groups in total. The van der Waals surface area contributed by atoms with Crippen LogP contribution in [0.1, 0.15) is 0 Å². The van der Waals surface area contributed by atoms with Crippen LogP contribution in [0.2, 0.25) is 0 Å². The van der Waals surface area contributed by atoms with Crippen LogP contribution in [0.4, 0.5) is 11.8 Å². The largest absolute Gasteiger partial charge is 0.493 e. The minimum Gasteiger partial charge on any atom is -0.493 e. The summed E-state index contributed by atoms with van der Waals surface area (Å²) in [5.74, 6) is 3.30. The van der Waals surface area contributed by atoms with Gasteiger partial charge in [-0.15, -0.1) is 0 Å². The zero-order valence-electron chi connectivity index (χ0n) is 14.4. The van der Waals surface area contributed by atoms with Gasteiger partial charge in [0.2, 0.25) is 5.95 Å². The number of ether oxygens (including phenoxy) is 2. The molecule has 0 radical (unpaired) electrons. The van der Waals surface area contributed by atoms with Crippen molar-refractivity contribution in [3.63, 3.8) is 0 Å². The van der Waals surface area contributed by atoms with Gasteiger partial charge in [-0.25, -0.2) is 9.97 Å². The molecule has 0 aliphatic carbocycles. The number of anilines is 2. The van der Waals surface area contributed by atoms with Crippen LogP contribution in [0, 0.1) is 0 Å². The van der Waals surface area contributed by atoms with Gasteiger partial charge >= 0.3 is 0 Å². The lowest BCUT2D eigenvalue weighted by molar-refractivity contribution is 0.356. The van der Waals surface area contributed by atoms with E-state index in [0.717, 1.165) is 49.0 Å². The second-order valence-corrected chi connectivity index (χ2v) is 5.95. The van der Waals surface area contributed by atoms with Crippen molar-refractivity contribution >= 4 is 22.8 Å². The molecular weight excluding hydrogens is 318 g/mol. The number of piperazine rings is 1. The molecule has 0 spiro atoms. The van der Waals surface area contributed by atoms with E-state index in [0.29, 0.717) is 11.5 Å². The van der Waals surface area contributed by atoms with Crippen LogP contribution in [0.5, 0.6) is 11.5 Å². The Morgan fingerprint density at radius 3 is 2.36 bits per heavy atom. The first-order chi connectivity index (χ1) is 12.3. The van der Waals surface area contributed by atoms with Crippen molar-refractivity contribution in [1.82, 2.24) is 15.0 Å². The molecule has 2 aromatic heterocycles. The molecule has 7 nitrogen and oxygen atoms in total.